The number of hydrogen-bond donors (Lipinski definition) is 2. The van der Waals surface area contributed by atoms with Gasteiger partial charge in [-0.15, -0.1) is 0 Å². The number of carboxylic acid groups (broad SMARTS) is 1. The monoisotopic (exact) mass is 265 g/mol. The van der Waals surface area contributed by atoms with E-state index in [4.69, 9.17) is 9.84 Å². The van der Waals surface area contributed by atoms with Crippen LogP contribution >= 0.6 is 0 Å². The summed E-state index contributed by atoms with van der Waals surface area (Å²) in [4.78, 5) is 33.0. The Morgan fingerprint density at radius 2 is 1.84 bits per heavy atom. The first-order valence-electron chi connectivity index (χ1n) is 5.65. The van der Waals surface area contributed by atoms with Crippen LogP contribution in [-0.4, -0.2) is 35.5 Å². The van der Waals surface area contributed by atoms with Crippen LogP contribution in [0.2, 0.25) is 0 Å². The van der Waals surface area contributed by atoms with Crippen LogP contribution in [0.5, 0.6) is 0 Å². The predicted molar refractivity (Wildman–Crippen MR) is 68.1 cm³/mol. The summed E-state index contributed by atoms with van der Waals surface area (Å²) in [6, 6.07) is 6.38. The maximum absolute atomic E-state index is 11.5. The zero-order valence-electron chi connectivity index (χ0n) is 10.7. The normalized spacial score (nSPS) is 11.7. The molecule has 0 unspecified atom stereocenters. The number of ether oxygens (including phenoxy) is 1. The fourth-order valence-electron chi connectivity index (χ4n) is 1.26. The van der Waals surface area contributed by atoms with E-state index < -0.39 is 18.0 Å². The molecule has 1 aromatic rings. The molecular weight excluding hydrogens is 250 g/mol. The van der Waals surface area contributed by atoms with Gasteiger partial charge in [-0.25, -0.2) is 4.79 Å². The maximum atomic E-state index is 11.5. The molecule has 19 heavy (non-hydrogen) atoms. The van der Waals surface area contributed by atoms with Crippen molar-refractivity contribution in [3.63, 3.8) is 0 Å². The smallest absolute Gasteiger partial charge is 0.332 e. The largest absolute Gasteiger partial charge is 0.479 e. The lowest BCUT2D eigenvalue weighted by atomic mass is 10.1. The van der Waals surface area contributed by atoms with Crippen LogP contribution in [0.4, 0.5) is 5.69 Å². The highest BCUT2D eigenvalue weighted by molar-refractivity contribution is 5.95. The number of ketones is 1. The number of carbonyl (C=O) groups excluding carboxylic acids is 2. The molecular formula is C13H15NO5. The van der Waals surface area contributed by atoms with Gasteiger partial charge in [0.1, 0.15) is 6.61 Å². The third kappa shape index (κ3) is 4.89. The molecule has 6 nitrogen and oxygen atoms in total. The fourth-order valence-corrected chi connectivity index (χ4v) is 1.26. The van der Waals surface area contributed by atoms with Crippen LogP contribution in [0.3, 0.4) is 0 Å². The molecule has 0 saturated heterocycles. The molecule has 1 amide bonds. The highest BCUT2D eigenvalue weighted by atomic mass is 16.5. The summed E-state index contributed by atoms with van der Waals surface area (Å²) >= 11 is 0. The Kier molecular flexibility index (Phi) is 5.20. The number of nitrogens with one attached hydrogen (secondary N) is 1. The minimum absolute atomic E-state index is 0.0588. The zero-order valence-corrected chi connectivity index (χ0v) is 10.7. The molecule has 1 atom stereocenters. The lowest BCUT2D eigenvalue weighted by Gasteiger charge is -2.09. The van der Waals surface area contributed by atoms with E-state index in [9.17, 15) is 14.4 Å². The summed E-state index contributed by atoms with van der Waals surface area (Å²) in [6.45, 7) is 2.45. The van der Waals surface area contributed by atoms with E-state index in [1.165, 1.54) is 13.8 Å². The van der Waals surface area contributed by atoms with Gasteiger partial charge in [-0.05, 0) is 38.1 Å². The highest BCUT2D eigenvalue weighted by Gasteiger charge is 2.13. The second kappa shape index (κ2) is 6.65. The van der Waals surface area contributed by atoms with Crippen LogP contribution in [0.15, 0.2) is 24.3 Å². The second-order valence-electron chi connectivity index (χ2n) is 3.97. The van der Waals surface area contributed by atoms with E-state index in [-0.39, 0.29) is 12.4 Å². The third-order valence-corrected chi connectivity index (χ3v) is 2.39. The highest BCUT2D eigenvalue weighted by Crippen LogP contribution is 2.10. The molecule has 0 saturated carbocycles. The lowest BCUT2D eigenvalue weighted by Crippen LogP contribution is -2.26. The molecule has 0 aliphatic carbocycles. The van der Waals surface area contributed by atoms with Gasteiger partial charge in [-0.2, -0.15) is 0 Å². The fraction of sp³-hybridized carbons (Fsp3) is 0.308. The minimum Gasteiger partial charge on any atom is -0.479 e. The van der Waals surface area contributed by atoms with Crippen LogP contribution in [0, 0.1) is 0 Å². The van der Waals surface area contributed by atoms with Crippen LogP contribution in [0.25, 0.3) is 0 Å². The Morgan fingerprint density at radius 1 is 1.26 bits per heavy atom. The molecule has 0 spiro atoms. The molecule has 2 N–H and O–H groups in total. The van der Waals surface area contributed by atoms with Gasteiger partial charge in [0.25, 0.3) is 0 Å². The average molecular weight is 265 g/mol. The number of anilines is 1. The van der Waals surface area contributed by atoms with E-state index in [1.54, 1.807) is 24.3 Å². The summed E-state index contributed by atoms with van der Waals surface area (Å²) in [6.07, 6.45) is -1.04. The Hall–Kier alpha value is -2.21. The standard InChI is InChI=1S/C13H15NO5/c1-8(15)10-3-5-11(6-4-10)14-12(16)7-19-9(2)13(17)18/h3-6,9H,7H2,1-2H3,(H,14,16)(H,17,18)/t9-/m0/s1. The van der Waals surface area contributed by atoms with Crippen molar-refractivity contribution in [3.05, 3.63) is 29.8 Å². The average Bonchev–Trinajstić information content (AvgIpc) is 2.36. The van der Waals surface area contributed by atoms with Gasteiger partial charge < -0.3 is 15.2 Å². The second-order valence-corrected chi connectivity index (χ2v) is 3.97. The molecule has 0 aliphatic rings. The van der Waals surface area contributed by atoms with Gasteiger partial charge in [-0.3, -0.25) is 9.59 Å². The number of amides is 1. The summed E-state index contributed by atoms with van der Waals surface area (Å²) in [5, 5.41) is 11.1. The first-order chi connectivity index (χ1) is 8.90. The molecule has 0 radical (unpaired) electrons. The van der Waals surface area contributed by atoms with Gasteiger partial charge in [-0.1, -0.05) is 0 Å². The van der Waals surface area contributed by atoms with Crippen molar-refractivity contribution in [1.82, 2.24) is 0 Å². The maximum Gasteiger partial charge on any atom is 0.332 e. The minimum atomic E-state index is -1.13. The summed E-state index contributed by atoms with van der Waals surface area (Å²) in [5.74, 6) is -1.64. The molecule has 0 bridgehead atoms. The van der Waals surface area contributed by atoms with Gasteiger partial charge in [0.05, 0.1) is 0 Å². The van der Waals surface area contributed by atoms with Crippen LogP contribution in [0.1, 0.15) is 24.2 Å². The number of aliphatic carboxylic acids is 1. The Balaban J connectivity index is 2.48. The van der Waals surface area contributed by atoms with Crippen molar-refractivity contribution in [1.29, 1.82) is 0 Å². The first kappa shape index (κ1) is 14.8. The van der Waals surface area contributed by atoms with Crippen molar-refractivity contribution >= 4 is 23.3 Å². The van der Waals surface area contributed by atoms with E-state index in [0.29, 0.717) is 11.3 Å². The Bertz CT molecular complexity index is 480. The zero-order chi connectivity index (χ0) is 14.4. The molecule has 0 heterocycles. The van der Waals surface area contributed by atoms with Crippen molar-refractivity contribution < 1.29 is 24.2 Å². The van der Waals surface area contributed by atoms with Gasteiger partial charge >= 0.3 is 5.97 Å². The number of carbonyl (C=O) groups is 3. The third-order valence-electron chi connectivity index (χ3n) is 2.39. The number of benzene rings is 1. The number of rotatable bonds is 6. The van der Waals surface area contributed by atoms with Crippen molar-refractivity contribution in [2.24, 2.45) is 0 Å². The molecule has 0 fully saturated rings. The SMILES string of the molecule is CC(=O)c1ccc(NC(=O)CO[C@@H](C)C(=O)O)cc1. The van der Waals surface area contributed by atoms with Gasteiger partial charge in [0, 0.05) is 11.3 Å². The van der Waals surface area contributed by atoms with Gasteiger partial charge in [0.2, 0.25) is 5.91 Å². The van der Waals surface area contributed by atoms with Gasteiger partial charge in [0.15, 0.2) is 11.9 Å². The van der Waals surface area contributed by atoms with E-state index >= 15 is 0 Å². The molecule has 0 aromatic heterocycles. The quantitative estimate of drug-likeness (QED) is 0.757. The molecule has 1 aromatic carbocycles. The first-order valence-corrected chi connectivity index (χ1v) is 5.65. The van der Waals surface area contributed by atoms with E-state index in [1.807, 2.05) is 0 Å². The number of carboxylic acids is 1. The number of Topliss-reactive ketones (excluding diaryl/α,β-unsaturated/α-hetero) is 1. The lowest BCUT2D eigenvalue weighted by molar-refractivity contribution is -0.150. The Labute approximate surface area is 110 Å². The molecule has 0 aliphatic heterocycles. The van der Waals surface area contributed by atoms with E-state index in [2.05, 4.69) is 5.32 Å². The van der Waals surface area contributed by atoms with Crippen molar-refractivity contribution in [2.75, 3.05) is 11.9 Å². The van der Waals surface area contributed by atoms with Crippen molar-refractivity contribution in [3.8, 4) is 0 Å². The Morgan fingerprint density at radius 3 is 2.32 bits per heavy atom. The summed E-state index contributed by atoms with van der Waals surface area (Å²) in [5.41, 5.74) is 1.07. The van der Waals surface area contributed by atoms with Crippen LogP contribution in [-0.2, 0) is 14.3 Å². The topological polar surface area (TPSA) is 92.7 Å². The van der Waals surface area contributed by atoms with E-state index in [0.717, 1.165) is 0 Å². The number of hydrogen-bond acceptors (Lipinski definition) is 4. The predicted octanol–water partition coefficient (Wildman–Crippen LogP) is 1.32. The summed E-state index contributed by atoms with van der Waals surface area (Å²) in [7, 11) is 0. The van der Waals surface area contributed by atoms with Crippen LogP contribution < -0.4 is 5.32 Å². The molecule has 1 rings (SSSR count). The molecule has 6 heteroatoms. The summed E-state index contributed by atoms with van der Waals surface area (Å²) < 4.78 is 4.83. The molecule has 102 valence electrons. The van der Waals surface area contributed by atoms with Crippen molar-refractivity contribution in [2.45, 2.75) is 20.0 Å².